The Morgan fingerprint density at radius 1 is 1.24 bits per heavy atom. The molecule has 0 spiro atoms. The number of pyridine rings is 1. The van der Waals surface area contributed by atoms with Crippen molar-refractivity contribution >= 4 is 22.5 Å². The molecule has 1 fully saturated rings. The summed E-state index contributed by atoms with van der Waals surface area (Å²) in [5.74, 6) is 1.71. The SMILES string of the molecule is COc1ccc2c(C)c(CCC(=O)N3CCCC(c4nnc5ccccn45)C3)c(=O)oc2c1. The molecule has 1 amide bonds. The van der Waals surface area contributed by atoms with E-state index in [0.717, 1.165) is 41.8 Å². The lowest BCUT2D eigenvalue weighted by atomic mass is 9.96. The third-order valence-corrected chi connectivity index (χ3v) is 6.56. The molecule has 4 heterocycles. The number of piperidine rings is 1. The molecule has 1 aliphatic heterocycles. The smallest absolute Gasteiger partial charge is 0.339 e. The second-order valence-electron chi connectivity index (χ2n) is 8.52. The van der Waals surface area contributed by atoms with E-state index in [9.17, 15) is 9.59 Å². The maximum absolute atomic E-state index is 13.1. The fraction of sp³-hybridized carbons (Fsp3) is 0.360. The third-order valence-electron chi connectivity index (χ3n) is 6.56. The van der Waals surface area contributed by atoms with Gasteiger partial charge in [0.1, 0.15) is 17.2 Å². The second kappa shape index (κ2) is 8.69. The van der Waals surface area contributed by atoms with Crippen molar-refractivity contribution < 1.29 is 13.9 Å². The van der Waals surface area contributed by atoms with Gasteiger partial charge in [-0.2, -0.15) is 0 Å². The number of hydrogen-bond acceptors (Lipinski definition) is 6. The van der Waals surface area contributed by atoms with Gasteiger partial charge < -0.3 is 14.1 Å². The highest BCUT2D eigenvalue weighted by atomic mass is 16.5. The summed E-state index contributed by atoms with van der Waals surface area (Å²) in [5, 5.41) is 9.49. The Morgan fingerprint density at radius 3 is 2.97 bits per heavy atom. The molecule has 4 aromatic rings. The Morgan fingerprint density at radius 2 is 2.12 bits per heavy atom. The van der Waals surface area contributed by atoms with Crippen molar-refractivity contribution in [2.24, 2.45) is 0 Å². The van der Waals surface area contributed by atoms with Gasteiger partial charge in [-0.05, 0) is 56.0 Å². The van der Waals surface area contributed by atoms with Crippen molar-refractivity contribution in [2.75, 3.05) is 20.2 Å². The number of rotatable bonds is 5. The zero-order valence-electron chi connectivity index (χ0n) is 18.8. The van der Waals surface area contributed by atoms with Crippen LogP contribution in [0.5, 0.6) is 5.75 Å². The summed E-state index contributed by atoms with van der Waals surface area (Å²) in [6, 6.07) is 11.3. The van der Waals surface area contributed by atoms with Gasteiger partial charge in [0.2, 0.25) is 5.91 Å². The van der Waals surface area contributed by atoms with E-state index in [1.165, 1.54) is 0 Å². The lowest BCUT2D eigenvalue weighted by Gasteiger charge is -2.32. The van der Waals surface area contributed by atoms with Crippen LogP contribution in [0.15, 0.2) is 51.8 Å². The van der Waals surface area contributed by atoms with Crippen LogP contribution in [0.2, 0.25) is 0 Å². The van der Waals surface area contributed by atoms with E-state index < -0.39 is 5.63 Å². The number of fused-ring (bicyclic) bond motifs is 2. The first-order chi connectivity index (χ1) is 16.0. The number of aromatic nitrogens is 3. The number of methoxy groups -OCH3 is 1. The van der Waals surface area contributed by atoms with Crippen LogP contribution in [0.1, 0.15) is 42.1 Å². The predicted octanol–water partition coefficient (Wildman–Crippen LogP) is 3.49. The Kier molecular flexibility index (Phi) is 5.58. The molecule has 1 atom stereocenters. The van der Waals surface area contributed by atoms with Crippen LogP contribution < -0.4 is 10.4 Å². The normalized spacial score (nSPS) is 16.4. The zero-order valence-corrected chi connectivity index (χ0v) is 18.8. The number of hydrogen-bond donors (Lipinski definition) is 0. The Labute approximate surface area is 190 Å². The number of aryl methyl sites for hydroxylation is 1. The fourth-order valence-electron chi connectivity index (χ4n) is 4.73. The molecule has 33 heavy (non-hydrogen) atoms. The van der Waals surface area contributed by atoms with Crippen molar-refractivity contribution in [3.8, 4) is 5.75 Å². The molecule has 5 rings (SSSR count). The minimum atomic E-state index is -0.396. The van der Waals surface area contributed by atoms with Crippen molar-refractivity contribution in [3.05, 3.63) is 70.0 Å². The summed E-state index contributed by atoms with van der Waals surface area (Å²) in [4.78, 5) is 27.6. The molecule has 1 unspecified atom stereocenters. The van der Waals surface area contributed by atoms with E-state index in [2.05, 4.69) is 10.2 Å². The lowest BCUT2D eigenvalue weighted by Crippen LogP contribution is -2.39. The number of carbonyl (C=O) groups is 1. The van der Waals surface area contributed by atoms with Crippen molar-refractivity contribution in [2.45, 2.75) is 38.5 Å². The minimum absolute atomic E-state index is 0.0437. The molecule has 170 valence electrons. The molecule has 0 radical (unpaired) electrons. The highest BCUT2D eigenvalue weighted by Crippen LogP contribution is 2.27. The van der Waals surface area contributed by atoms with Crippen LogP contribution in [0.4, 0.5) is 0 Å². The van der Waals surface area contributed by atoms with Crippen LogP contribution in [0.3, 0.4) is 0 Å². The van der Waals surface area contributed by atoms with Gasteiger partial charge in [0.15, 0.2) is 5.65 Å². The van der Waals surface area contributed by atoms with Gasteiger partial charge in [0.25, 0.3) is 0 Å². The van der Waals surface area contributed by atoms with Crippen LogP contribution in [0.25, 0.3) is 16.6 Å². The Bertz CT molecular complexity index is 1390. The molecule has 1 aliphatic rings. The van der Waals surface area contributed by atoms with E-state index in [4.69, 9.17) is 9.15 Å². The number of ether oxygens (including phenoxy) is 1. The van der Waals surface area contributed by atoms with E-state index in [1.54, 1.807) is 13.2 Å². The largest absolute Gasteiger partial charge is 0.497 e. The van der Waals surface area contributed by atoms with Crippen LogP contribution in [0, 0.1) is 6.92 Å². The van der Waals surface area contributed by atoms with E-state index in [0.29, 0.717) is 29.9 Å². The van der Waals surface area contributed by atoms with Gasteiger partial charge in [0, 0.05) is 48.6 Å². The Hall–Kier alpha value is -3.68. The number of carbonyl (C=O) groups excluding carboxylic acids is 1. The van der Waals surface area contributed by atoms with Gasteiger partial charge in [-0.25, -0.2) is 4.79 Å². The van der Waals surface area contributed by atoms with Crippen LogP contribution >= 0.6 is 0 Å². The van der Waals surface area contributed by atoms with Gasteiger partial charge in [-0.3, -0.25) is 9.20 Å². The first-order valence-electron chi connectivity index (χ1n) is 11.2. The first kappa shape index (κ1) is 21.2. The predicted molar refractivity (Wildman–Crippen MR) is 124 cm³/mol. The number of nitrogens with zero attached hydrogens (tertiary/aromatic N) is 4. The van der Waals surface area contributed by atoms with E-state index in [1.807, 2.05) is 52.8 Å². The van der Waals surface area contributed by atoms with Gasteiger partial charge in [-0.1, -0.05) is 6.07 Å². The maximum atomic E-state index is 13.1. The lowest BCUT2D eigenvalue weighted by molar-refractivity contribution is -0.132. The van der Waals surface area contributed by atoms with Gasteiger partial charge in [0.05, 0.1) is 7.11 Å². The molecule has 3 aromatic heterocycles. The second-order valence-corrected chi connectivity index (χ2v) is 8.52. The molecule has 1 saturated heterocycles. The summed E-state index contributed by atoms with van der Waals surface area (Å²) in [6.45, 7) is 3.23. The van der Waals surface area contributed by atoms with E-state index in [-0.39, 0.29) is 18.2 Å². The summed E-state index contributed by atoms with van der Waals surface area (Å²) in [6.07, 6.45) is 4.46. The molecule has 1 aromatic carbocycles. The van der Waals surface area contributed by atoms with Gasteiger partial charge in [-0.15, -0.1) is 10.2 Å². The number of likely N-dealkylation sites (tertiary alicyclic amines) is 1. The van der Waals surface area contributed by atoms with E-state index >= 15 is 0 Å². The quantitative estimate of drug-likeness (QED) is 0.436. The summed E-state index contributed by atoms with van der Waals surface area (Å²) in [5.41, 5.74) is 2.31. The fourth-order valence-corrected chi connectivity index (χ4v) is 4.73. The average molecular weight is 447 g/mol. The number of amides is 1. The number of benzene rings is 1. The highest BCUT2D eigenvalue weighted by molar-refractivity contribution is 5.83. The van der Waals surface area contributed by atoms with Gasteiger partial charge >= 0.3 is 5.63 Å². The highest BCUT2D eigenvalue weighted by Gasteiger charge is 2.28. The molecule has 0 saturated carbocycles. The minimum Gasteiger partial charge on any atom is -0.497 e. The monoisotopic (exact) mass is 446 g/mol. The third kappa shape index (κ3) is 3.97. The summed E-state index contributed by atoms with van der Waals surface area (Å²) in [7, 11) is 1.57. The van der Waals surface area contributed by atoms with Crippen molar-refractivity contribution in [3.63, 3.8) is 0 Å². The molecule has 0 aliphatic carbocycles. The average Bonchev–Trinajstić information content (AvgIpc) is 3.27. The molecular formula is C25H26N4O4. The molecule has 0 bridgehead atoms. The van der Waals surface area contributed by atoms with Crippen LogP contribution in [-0.4, -0.2) is 45.6 Å². The first-order valence-corrected chi connectivity index (χ1v) is 11.2. The molecule has 8 heteroatoms. The summed E-state index contributed by atoms with van der Waals surface area (Å²) < 4.78 is 12.7. The van der Waals surface area contributed by atoms with Crippen molar-refractivity contribution in [1.29, 1.82) is 0 Å². The summed E-state index contributed by atoms with van der Waals surface area (Å²) >= 11 is 0. The topological polar surface area (TPSA) is 89.9 Å². The Balaban J connectivity index is 1.31. The van der Waals surface area contributed by atoms with Crippen molar-refractivity contribution in [1.82, 2.24) is 19.5 Å². The molecule has 0 N–H and O–H groups in total. The standard InChI is InChI=1S/C25H26N4O4/c1-16-19-9-8-18(32-2)14-21(19)33-25(31)20(16)10-11-23(30)28-12-5-6-17(15-28)24-27-26-22-7-3-4-13-29(22)24/h3-4,7-9,13-14,17H,5-6,10-12,15H2,1-2H3. The molecular weight excluding hydrogens is 420 g/mol. The maximum Gasteiger partial charge on any atom is 0.339 e. The zero-order chi connectivity index (χ0) is 22.9. The van der Waals surface area contributed by atoms with Crippen LogP contribution in [-0.2, 0) is 11.2 Å². The molecule has 8 nitrogen and oxygen atoms in total.